The Morgan fingerprint density at radius 2 is 1.87 bits per heavy atom. The minimum Gasteiger partial charge on any atom is -0.287 e. The van der Waals surface area contributed by atoms with E-state index < -0.39 is 11.7 Å². The molecular formula is C15H10F3N3OS. The van der Waals surface area contributed by atoms with Gasteiger partial charge >= 0.3 is 6.18 Å². The predicted octanol–water partition coefficient (Wildman–Crippen LogP) is 3.25. The number of aromatic nitrogens is 2. The number of halogens is 3. The Hall–Kier alpha value is -2.48. The van der Waals surface area contributed by atoms with Gasteiger partial charge in [0.25, 0.3) is 5.56 Å². The van der Waals surface area contributed by atoms with Gasteiger partial charge in [0.1, 0.15) is 4.83 Å². The summed E-state index contributed by atoms with van der Waals surface area (Å²) in [6.07, 6.45) is -2.82. The van der Waals surface area contributed by atoms with Crippen LogP contribution in [0.2, 0.25) is 0 Å². The smallest absolute Gasteiger partial charge is 0.287 e. The summed E-state index contributed by atoms with van der Waals surface area (Å²) in [6.45, 7) is 0. The van der Waals surface area contributed by atoms with Gasteiger partial charge in [-0.15, -0.1) is 0 Å². The summed E-state index contributed by atoms with van der Waals surface area (Å²) in [6, 6.07) is 7.79. The molecule has 0 bridgehead atoms. The fraction of sp³-hybridized carbons (Fsp3) is 0.133. The second kappa shape index (κ2) is 5.62. The van der Waals surface area contributed by atoms with Gasteiger partial charge in [0.05, 0.1) is 16.6 Å². The number of hydrogen-bond acceptors (Lipinski definition) is 4. The normalized spacial score (nSPS) is 12.8. The fourth-order valence-electron chi connectivity index (χ4n) is 1.99. The van der Waals surface area contributed by atoms with Crippen LogP contribution >= 0.6 is 11.3 Å². The zero-order valence-corrected chi connectivity index (χ0v) is 12.6. The molecule has 3 aromatic rings. The van der Waals surface area contributed by atoms with E-state index in [1.807, 2.05) is 0 Å². The van der Waals surface area contributed by atoms with Crippen LogP contribution in [-0.2, 0) is 13.2 Å². The van der Waals surface area contributed by atoms with Gasteiger partial charge in [-0.25, -0.2) is 9.98 Å². The van der Waals surface area contributed by atoms with Crippen LogP contribution in [0.5, 0.6) is 0 Å². The fourth-order valence-corrected chi connectivity index (χ4v) is 2.91. The van der Waals surface area contributed by atoms with Gasteiger partial charge in [0.15, 0.2) is 4.80 Å². The SMILES string of the molecule is Cn1c(=Nc2ccc(C(F)(F)F)cc2)sc2ncccc2c1=O. The number of alkyl halides is 3. The second-order valence-corrected chi connectivity index (χ2v) is 5.72. The molecule has 0 unspecified atom stereocenters. The summed E-state index contributed by atoms with van der Waals surface area (Å²) in [5.41, 5.74) is -0.661. The van der Waals surface area contributed by atoms with E-state index in [1.165, 1.54) is 28.0 Å². The predicted molar refractivity (Wildman–Crippen MR) is 81.5 cm³/mol. The van der Waals surface area contributed by atoms with Crippen molar-refractivity contribution in [3.05, 3.63) is 63.3 Å². The molecule has 0 amide bonds. The first kappa shape index (κ1) is 15.4. The third-order valence-electron chi connectivity index (χ3n) is 3.20. The molecule has 2 aromatic heterocycles. The maximum Gasteiger partial charge on any atom is 0.416 e. The quantitative estimate of drug-likeness (QED) is 0.684. The van der Waals surface area contributed by atoms with Crippen molar-refractivity contribution >= 4 is 27.2 Å². The molecule has 23 heavy (non-hydrogen) atoms. The third kappa shape index (κ3) is 3.02. The second-order valence-electron chi connectivity index (χ2n) is 4.76. The van der Waals surface area contributed by atoms with Crippen molar-refractivity contribution in [2.24, 2.45) is 12.0 Å². The summed E-state index contributed by atoms with van der Waals surface area (Å²) in [5, 5.41) is 0.478. The minimum atomic E-state index is -4.39. The Labute approximate surface area is 132 Å². The van der Waals surface area contributed by atoms with Gasteiger partial charge in [-0.05, 0) is 36.4 Å². The van der Waals surface area contributed by atoms with Crippen molar-refractivity contribution in [2.45, 2.75) is 6.18 Å². The molecule has 3 rings (SSSR count). The Kier molecular flexibility index (Phi) is 3.77. The number of rotatable bonds is 1. The molecule has 0 spiro atoms. The number of nitrogens with zero attached hydrogens (tertiary/aromatic N) is 3. The van der Waals surface area contributed by atoms with Crippen LogP contribution in [0.15, 0.2) is 52.4 Å². The van der Waals surface area contributed by atoms with Crippen molar-refractivity contribution in [1.29, 1.82) is 0 Å². The molecular weight excluding hydrogens is 327 g/mol. The zero-order chi connectivity index (χ0) is 16.6. The van der Waals surface area contributed by atoms with E-state index in [0.717, 1.165) is 12.1 Å². The Morgan fingerprint density at radius 3 is 2.52 bits per heavy atom. The van der Waals surface area contributed by atoms with Gasteiger partial charge < -0.3 is 0 Å². The van der Waals surface area contributed by atoms with Crippen molar-refractivity contribution < 1.29 is 13.2 Å². The zero-order valence-electron chi connectivity index (χ0n) is 11.8. The van der Waals surface area contributed by atoms with E-state index in [4.69, 9.17) is 0 Å². The first-order valence-electron chi connectivity index (χ1n) is 6.53. The van der Waals surface area contributed by atoms with Gasteiger partial charge in [0, 0.05) is 13.2 Å². The van der Waals surface area contributed by atoms with E-state index in [1.54, 1.807) is 25.4 Å². The molecule has 4 nitrogen and oxygen atoms in total. The van der Waals surface area contributed by atoms with E-state index in [2.05, 4.69) is 9.98 Å². The average molecular weight is 337 g/mol. The molecule has 0 fully saturated rings. The standard InChI is InChI=1S/C15H10F3N3OS/c1-21-13(22)11-3-2-8-19-12(11)23-14(21)20-10-6-4-9(5-7-10)15(16,17)18/h2-8H,1H3. The molecule has 118 valence electrons. The largest absolute Gasteiger partial charge is 0.416 e. The Balaban J connectivity index is 2.15. The van der Waals surface area contributed by atoms with Crippen LogP contribution in [0.3, 0.4) is 0 Å². The van der Waals surface area contributed by atoms with Crippen LogP contribution in [-0.4, -0.2) is 9.55 Å². The molecule has 1 aromatic carbocycles. The topological polar surface area (TPSA) is 47.2 Å². The summed E-state index contributed by atoms with van der Waals surface area (Å²) in [5.74, 6) is 0. The summed E-state index contributed by atoms with van der Waals surface area (Å²) >= 11 is 1.20. The molecule has 0 aliphatic carbocycles. The lowest BCUT2D eigenvalue weighted by Crippen LogP contribution is -2.28. The van der Waals surface area contributed by atoms with Gasteiger partial charge in [-0.3, -0.25) is 9.36 Å². The van der Waals surface area contributed by atoms with Gasteiger partial charge in [-0.1, -0.05) is 11.3 Å². The maximum atomic E-state index is 12.6. The first-order valence-corrected chi connectivity index (χ1v) is 7.35. The lowest BCUT2D eigenvalue weighted by molar-refractivity contribution is -0.137. The molecule has 0 aliphatic rings. The van der Waals surface area contributed by atoms with Crippen molar-refractivity contribution in [3.8, 4) is 0 Å². The minimum absolute atomic E-state index is 0.252. The van der Waals surface area contributed by atoms with E-state index >= 15 is 0 Å². The molecule has 8 heteroatoms. The van der Waals surface area contributed by atoms with Crippen LogP contribution in [0.25, 0.3) is 10.2 Å². The first-order chi connectivity index (χ1) is 10.9. The molecule has 0 atom stereocenters. The monoisotopic (exact) mass is 337 g/mol. The highest BCUT2D eigenvalue weighted by Gasteiger charge is 2.29. The number of fused-ring (bicyclic) bond motifs is 1. The summed E-state index contributed by atoms with van der Waals surface area (Å²) in [4.78, 5) is 21.5. The van der Waals surface area contributed by atoms with Crippen molar-refractivity contribution in [3.63, 3.8) is 0 Å². The van der Waals surface area contributed by atoms with E-state index in [9.17, 15) is 18.0 Å². The summed E-state index contributed by atoms with van der Waals surface area (Å²) in [7, 11) is 1.56. The average Bonchev–Trinajstić information content (AvgIpc) is 2.52. The Morgan fingerprint density at radius 1 is 1.17 bits per heavy atom. The lowest BCUT2D eigenvalue weighted by Gasteiger charge is -2.06. The van der Waals surface area contributed by atoms with Crippen LogP contribution < -0.4 is 10.4 Å². The number of benzene rings is 1. The molecule has 0 saturated carbocycles. The number of pyridine rings is 1. The highest BCUT2D eigenvalue weighted by molar-refractivity contribution is 7.15. The van der Waals surface area contributed by atoms with E-state index in [-0.39, 0.29) is 5.56 Å². The third-order valence-corrected chi connectivity index (χ3v) is 4.27. The molecule has 2 heterocycles. The molecule has 0 N–H and O–H groups in total. The van der Waals surface area contributed by atoms with Gasteiger partial charge in [0.2, 0.25) is 0 Å². The molecule has 0 aliphatic heterocycles. The van der Waals surface area contributed by atoms with Crippen molar-refractivity contribution in [1.82, 2.24) is 9.55 Å². The lowest BCUT2D eigenvalue weighted by atomic mass is 10.2. The van der Waals surface area contributed by atoms with Crippen LogP contribution in [0.1, 0.15) is 5.56 Å². The molecule has 0 saturated heterocycles. The maximum absolute atomic E-state index is 12.6. The van der Waals surface area contributed by atoms with Crippen molar-refractivity contribution in [2.75, 3.05) is 0 Å². The summed E-state index contributed by atoms with van der Waals surface area (Å²) < 4.78 is 39.0. The van der Waals surface area contributed by atoms with E-state index in [0.29, 0.717) is 20.7 Å². The highest BCUT2D eigenvalue weighted by atomic mass is 32.1. The Bertz CT molecular complexity index is 988. The van der Waals surface area contributed by atoms with Crippen LogP contribution in [0.4, 0.5) is 18.9 Å². The van der Waals surface area contributed by atoms with Gasteiger partial charge in [-0.2, -0.15) is 13.2 Å². The number of hydrogen-bond donors (Lipinski definition) is 0. The van der Waals surface area contributed by atoms with Crippen LogP contribution in [0, 0.1) is 0 Å². The highest BCUT2D eigenvalue weighted by Crippen LogP contribution is 2.30. The molecule has 0 radical (unpaired) electrons.